The SMILES string of the molecule is C=C(C)[C@@H]1CC[C@]2([NH3+])CC[C@]3(C)[C@H](CC[C@@H]4[C@@]5(C)CC[C@H](O)C(C)(C)C5CC[C@]43C)[C@@H]12. The molecule has 0 bridgehead atoms. The number of quaternary nitrogens is 1. The van der Waals surface area contributed by atoms with Gasteiger partial charge in [0.2, 0.25) is 0 Å². The van der Waals surface area contributed by atoms with E-state index < -0.39 is 0 Å². The van der Waals surface area contributed by atoms with E-state index in [-0.39, 0.29) is 11.5 Å². The third-order valence-corrected chi connectivity index (χ3v) is 13.2. The molecule has 0 aliphatic heterocycles. The first kappa shape index (κ1) is 22.5. The van der Waals surface area contributed by atoms with Crippen LogP contribution in [0.5, 0.6) is 0 Å². The summed E-state index contributed by atoms with van der Waals surface area (Å²) in [5, 5.41) is 10.9. The summed E-state index contributed by atoms with van der Waals surface area (Å²) in [6, 6.07) is 0. The molecule has 0 radical (unpaired) electrons. The summed E-state index contributed by atoms with van der Waals surface area (Å²) in [5.41, 5.74) is 7.91. The molecule has 5 fully saturated rings. The Bertz CT molecular complexity index is 773. The molecule has 10 atom stereocenters. The third-order valence-electron chi connectivity index (χ3n) is 13.2. The van der Waals surface area contributed by atoms with Crippen molar-refractivity contribution in [2.24, 2.45) is 51.2 Å². The molecular weight excluding hydrogens is 378 g/mol. The second-order valence-electron chi connectivity index (χ2n) is 14.4. The van der Waals surface area contributed by atoms with Crippen molar-refractivity contribution >= 4 is 0 Å². The average Bonchev–Trinajstić information content (AvgIpc) is 3.04. The van der Waals surface area contributed by atoms with E-state index in [9.17, 15) is 5.11 Å². The predicted octanol–water partition coefficient (Wildman–Crippen LogP) is 6.00. The highest BCUT2D eigenvalue weighted by atomic mass is 16.3. The maximum Gasteiger partial charge on any atom is 0.0983 e. The molecule has 5 aliphatic carbocycles. The normalized spacial score (nSPS) is 57.9. The summed E-state index contributed by atoms with van der Waals surface area (Å²) in [5.74, 6) is 3.71. The van der Waals surface area contributed by atoms with Crippen LogP contribution in [0.4, 0.5) is 0 Å². The highest BCUT2D eigenvalue weighted by molar-refractivity contribution is 5.21. The van der Waals surface area contributed by atoms with E-state index in [1.807, 2.05) is 0 Å². The van der Waals surface area contributed by atoms with E-state index in [0.29, 0.717) is 33.6 Å². The standard InChI is InChI=1S/C29H49NO/c1-18(2)19-10-15-29(30)17-16-27(6)20(24(19)29)8-9-22-26(5)13-12-23(31)25(3,4)21(26)11-14-28(22,27)7/h19-24,31H,1,8-17,30H2,2-7H3/p+1/t19-,20+,21?,22+,23-,24+,26-,27+,28+,29-/m0/s1. The van der Waals surface area contributed by atoms with Gasteiger partial charge < -0.3 is 10.8 Å². The van der Waals surface area contributed by atoms with Gasteiger partial charge in [-0.2, -0.15) is 0 Å². The number of allylic oxidation sites excluding steroid dienone is 1. The van der Waals surface area contributed by atoms with E-state index in [1.165, 1.54) is 63.4 Å². The zero-order chi connectivity index (χ0) is 22.6. The number of aliphatic hydroxyl groups excluding tert-OH is 1. The topological polar surface area (TPSA) is 47.9 Å². The number of hydrogen-bond acceptors (Lipinski definition) is 1. The Hall–Kier alpha value is -0.340. The summed E-state index contributed by atoms with van der Waals surface area (Å²) in [6.45, 7) is 19.5. The van der Waals surface area contributed by atoms with Crippen molar-refractivity contribution in [2.75, 3.05) is 0 Å². The minimum absolute atomic E-state index is 0.0532. The Morgan fingerprint density at radius 3 is 2.19 bits per heavy atom. The highest BCUT2D eigenvalue weighted by Crippen LogP contribution is 2.76. The molecule has 0 amide bonds. The van der Waals surface area contributed by atoms with Crippen molar-refractivity contribution in [2.45, 2.75) is 117 Å². The van der Waals surface area contributed by atoms with Gasteiger partial charge in [0.25, 0.3) is 0 Å². The van der Waals surface area contributed by atoms with Crippen LogP contribution in [-0.2, 0) is 0 Å². The van der Waals surface area contributed by atoms with Gasteiger partial charge in [-0.1, -0.05) is 46.8 Å². The van der Waals surface area contributed by atoms with Gasteiger partial charge in [0.15, 0.2) is 0 Å². The van der Waals surface area contributed by atoms with Crippen LogP contribution in [0.3, 0.4) is 0 Å². The predicted molar refractivity (Wildman–Crippen MR) is 128 cm³/mol. The van der Waals surface area contributed by atoms with E-state index in [2.05, 4.69) is 48.1 Å². The molecule has 31 heavy (non-hydrogen) atoms. The molecule has 0 aromatic rings. The van der Waals surface area contributed by atoms with Crippen LogP contribution in [-0.4, -0.2) is 16.7 Å². The van der Waals surface area contributed by atoms with Crippen LogP contribution >= 0.6 is 0 Å². The molecule has 0 aromatic carbocycles. The van der Waals surface area contributed by atoms with Gasteiger partial charge in [0.1, 0.15) is 0 Å². The van der Waals surface area contributed by atoms with Crippen molar-refractivity contribution < 1.29 is 10.8 Å². The lowest BCUT2D eigenvalue weighted by Gasteiger charge is -2.72. The number of aliphatic hydroxyl groups is 1. The lowest BCUT2D eigenvalue weighted by Crippen LogP contribution is -2.79. The quantitative estimate of drug-likeness (QED) is 0.494. The molecule has 0 heterocycles. The Kier molecular flexibility index (Phi) is 4.80. The van der Waals surface area contributed by atoms with E-state index in [4.69, 9.17) is 5.73 Å². The minimum Gasteiger partial charge on any atom is -0.393 e. The zero-order valence-corrected chi connectivity index (χ0v) is 21.4. The molecule has 0 saturated heterocycles. The largest absolute Gasteiger partial charge is 0.393 e. The molecule has 5 aliphatic rings. The fourth-order valence-corrected chi connectivity index (χ4v) is 11.3. The minimum atomic E-state index is -0.127. The van der Waals surface area contributed by atoms with Crippen LogP contribution in [0.1, 0.15) is 106 Å². The molecular formula is C29H50NO+. The van der Waals surface area contributed by atoms with E-state index in [0.717, 1.165) is 24.2 Å². The molecule has 176 valence electrons. The van der Waals surface area contributed by atoms with Crippen LogP contribution in [0.25, 0.3) is 0 Å². The summed E-state index contributed by atoms with van der Waals surface area (Å²) in [4.78, 5) is 0. The number of fused-ring (bicyclic) bond motifs is 7. The second kappa shape index (κ2) is 6.62. The van der Waals surface area contributed by atoms with E-state index in [1.54, 1.807) is 0 Å². The van der Waals surface area contributed by atoms with Gasteiger partial charge in [-0.25, -0.2) is 0 Å². The smallest absolute Gasteiger partial charge is 0.0983 e. The molecule has 1 unspecified atom stereocenters. The van der Waals surface area contributed by atoms with Gasteiger partial charge in [-0.05, 0) is 104 Å². The fourth-order valence-electron chi connectivity index (χ4n) is 11.3. The first-order chi connectivity index (χ1) is 14.3. The maximum absolute atomic E-state index is 10.9. The summed E-state index contributed by atoms with van der Waals surface area (Å²) < 4.78 is 0. The summed E-state index contributed by atoms with van der Waals surface area (Å²) >= 11 is 0. The van der Waals surface area contributed by atoms with Crippen LogP contribution < -0.4 is 5.73 Å². The second-order valence-corrected chi connectivity index (χ2v) is 14.4. The van der Waals surface area contributed by atoms with E-state index >= 15 is 0 Å². The Morgan fingerprint density at radius 2 is 1.52 bits per heavy atom. The Balaban J connectivity index is 1.54. The third kappa shape index (κ3) is 2.64. The van der Waals surface area contributed by atoms with Gasteiger partial charge in [-0.15, -0.1) is 0 Å². The van der Waals surface area contributed by atoms with Gasteiger partial charge in [0, 0.05) is 18.8 Å². The first-order valence-electron chi connectivity index (χ1n) is 13.5. The molecule has 2 nitrogen and oxygen atoms in total. The highest BCUT2D eigenvalue weighted by Gasteiger charge is 2.71. The lowest BCUT2D eigenvalue weighted by molar-refractivity contribution is -0.505. The molecule has 0 aromatic heterocycles. The molecule has 0 spiro atoms. The van der Waals surface area contributed by atoms with Crippen molar-refractivity contribution in [3.05, 3.63) is 12.2 Å². The monoisotopic (exact) mass is 428 g/mol. The zero-order valence-electron chi connectivity index (χ0n) is 21.4. The van der Waals surface area contributed by atoms with Crippen molar-refractivity contribution in [1.82, 2.24) is 0 Å². The average molecular weight is 429 g/mol. The molecule has 2 heteroatoms. The molecule has 5 rings (SSSR count). The van der Waals surface area contributed by atoms with Crippen LogP contribution in [0.15, 0.2) is 12.2 Å². The number of hydrogen-bond donors (Lipinski definition) is 2. The molecule has 4 N–H and O–H groups in total. The molecule has 5 saturated carbocycles. The summed E-state index contributed by atoms with van der Waals surface area (Å²) in [7, 11) is 0. The Labute approximate surface area is 191 Å². The Morgan fingerprint density at radius 1 is 0.806 bits per heavy atom. The van der Waals surface area contributed by atoms with Gasteiger partial charge >= 0.3 is 0 Å². The first-order valence-corrected chi connectivity index (χ1v) is 13.5. The summed E-state index contributed by atoms with van der Waals surface area (Å²) in [6.07, 6.45) is 12.9. The van der Waals surface area contributed by atoms with Crippen molar-refractivity contribution in [3.63, 3.8) is 0 Å². The fraction of sp³-hybridized carbons (Fsp3) is 0.931. The van der Waals surface area contributed by atoms with Gasteiger partial charge in [-0.3, -0.25) is 0 Å². The van der Waals surface area contributed by atoms with Crippen LogP contribution in [0.2, 0.25) is 0 Å². The van der Waals surface area contributed by atoms with Crippen LogP contribution in [0, 0.1) is 51.2 Å². The van der Waals surface area contributed by atoms with Crippen molar-refractivity contribution in [1.29, 1.82) is 0 Å². The lowest BCUT2D eigenvalue weighted by atomic mass is 9.32. The maximum atomic E-state index is 10.9. The van der Waals surface area contributed by atoms with Crippen molar-refractivity contribution in [3.8, 4) is 0 Å². The number of rotatable bonds is 1. The van der Waals surface area contributed by atoms with Gasteiger partial charge in [0.05, 0.1) is 11.6 Å².